The van der Waals surface area contributed by atoms with Crippen molar-refractivity contribution in [2.75, 3.05) is 0 Å². The highest BCUT2D eigenvalue weighted by atomic mass is 16.4. The van der Waals surface area contributed by atoms with Gasteiger partial charge in [0, 0.05) is 6.07 Å². The van der Waals surface area contributed by atoms with E-state index in [4.69, 9.17) is 4.42 Å². The molecule has 0 atom stereocenters. The van der Waals surface area contributed by atoms with Crippen molar-refractivity contribution in [1.82, 2.24) is 4.98 Å². The summed E-state index contributed by atoms with van der Waals surface area (Å²) in [6.45, 7) is 1.91. The normalized spacial score (nSPS) is 10.7. The van der Waals surface area contributed by atoms with E-state index in [1.54, 1.807) is 24.5 Å². The first-order valence-electron chi connectivity index (χ1n) is 5.62. The van der Waals surface area contributed by atoms with Crippen molar-refractivity contribution in [1.29, 1.82) is 0 Å². The molecule has 0 aliphatic carbocycles. The first-order chi connectivity index (χ1) is 8.75. The number of aryl methyl sites for hydroxylation is 1. The van der Waals surface area contributed by atoms with Crippen LogP contribution in [0.25, 0.3) is 16.8 Å². The molecule has 0 fully saturated rings. The molecule has 0 N–H and O–H groups in total. The molecule has 0 radical (unpaired) electrons. The van der Waals surface area contributed by atoms with Gasteiger partial charge < -0.3 is 4.42 Å². The summed E-state index contributed by atoms with van der Waals surface area (Å²) in [5.41, 5.74) is 1.56. The number of nitrogens with zero attached hydrogens (tertiary/aromatic N) is 2. The van der Waals surface area contributed by atoms with Gasteiger partial charge in [-0.1, -0.05) is 18.2 Å². The van der Waals surface area contributed by atoms with Crippen molar-refractivity contribution in [2.24, 2.45) is 0 Å². The minimum atomic E-state index is -0.435. The van der Waals surface area contributed by atoms with E-state index < -0.39 is 5.76 Å². The van der Waals surface area contributed by atoms with E-state index in [1.165, 1.54) is 4.57 Å². The monoisotopic (exact) mass is 239 g/mol. The van der Waals surface area contributed by atoms with Crippen LogP contribution in [0.5, 0.6) is 0 Å². The summed E-state index contributed by atoms with van der Waals surface area (Å²) in [5.74, 6) is 0.116. The van der Waals surface area contributed by atoms with Crippen molar-refractivity contribution in [3.63, 3.8) is 0 Å². The fraction of sp³-hybridized carbons (Fsp3) is 0.0714. The predicted molar refractivity (Wildman–Crippen MR) is 66.5 cm³/mol. The minimum absolute atomic E-state index is 0.435. The maximum Gasteiger partial charge on any atom is 0.517 e. The summed E-state index contributed by atoms with van der Waals surface area (Å²) in [5, 5.41) is 0.875. The lowest BCUT2D eigenvalue weighted by Gasteiger charge is -2.00. The van der Waals surface area contributed by atoms with Crippen molar-refractivity contribution < 1.29 is 8.98 Å². The summed E-state index contributed by atoms with van der Waals surface area (Å²) in [7, 11) is 0. The summed E-state index contributed by atoms with van der Waals surface area (Å²) < 4.78 is 6.75. The Morgan fingerprint density at radius 2 is 2.06 bits per heavy atom. The van der Waals surface area contributed by atoms with Crippen LogP contribution in [-0.2, 0) is 0 Å². The molecular weight excluding hydrogens is 228 g/mol. The molecule has 18 heavy (non-hydrogen) atoms. The van der Waals surface area contributed by atoms with Crippen molar-refractivity contribution >= 4 is 11.0 Å². The summed E-state index contributed by atoms with van der Waals surface area (Å²) in [6.07, 6.45) is 3.39. The van der Waals surface area contributed by atoms with Crippen LogP contribution in [0.15, 0.2) is 58.0 Å². The van der Waals surface area contributed by atoms with E-state index in [-0.39, 0.29) is 0 Å². The number of hydrogen-bond acceptors (Lipinski definition) is 3. The fourth-order valence-corrected chi connectivity index (χ4v) is 1.90. The van der Waals surface area contributed by atoms with Gasteiger partial charge in [0.05, 0.1) is 5.39 Å². The zero-order chi connectivity index (χ0) is 12.5. The molecule has 0 spiro atoms. The highest BCUT2D eigenvalue weighted by molar-refractivity contribution is 5.77. The van der Waals surface area contributed by atoms with E-state index in [0.717, 1.165) is 10.9 Å². The molecule has 0 bridgehead atoms. The SMILES string of the molecule is Cc1cccc2c[n+](-c3ccccn3)c(=O)oc12. The van der Waals surface area contributed by atoms with E-state index in [0.29, 0.717) is 11.4 Å². The molecule has 2 heterocycles. The topological polar surface area (TPSA) is 47.0 Å². The molecule has 2 aromatic heterocycles. The van der Waals surface area contributed by atoms with Gasteiger partial charge >= 0.3 is 11.6 Å². The molecule has 88 valence electrons. The molecular formula is C14H11N2O2+. The third-order valence-corrected chi connectivity index (χ3v) is 2.79. The van der Waals surface area contributed by atoms with Crippen LogP contribution in [-0.4, -0.2) is 4.98 Å². The first kappa shape index (κ1) is 10.7. The zero-order valence-corrected chi connectivity index (χ0v) is 9.83. The Balaban J connectivity index is 2.33. The second kappa shape index (κ2) is 4.07. The number of hydrogen-bond donors (Lipinski definition) is 0. The second-order valence-corrected chi connectivity index (χ2v) is 4.05. The second-order valence-electron chi connectivity index (χ2n) is 4.05. The van der Waals surface area contributed by atoms with Gasteiger partial charge in [0.15, 0.2) is 0 Å². The quantitative estimate of drug-likeness (QED) is 0.608. The Morgan fingerprint density at radius 3 is 2.83 bits per heavy atom. The number of benzene rings is 1. The molecule has 1 aromatic carbocycles. The average molecular weight is 239 g/mol. The van der Waals surface area contributed by atoms with Crippen LogP contribution in [0.4, 0.5) is 0 Å². The molecule has 0 saturated heterocycles. The van der Waals surface area contributed by atoms with Crippen molar-refractivity contribution in [3.05, 3.63) is 64.9 Å². The van der Waals surface area contributed by atoms with Gasteiger partial charge in [0.1, 0.15) is 18.0 Å². The van der Waals surface area contributed by atoms with Gasteiger partial charge in [0.25, 0.3) is 0 Å². The third kappa shape index (κ3) is 1.68. The molecule has 0 aliphatic rings. The largest absolute Gasteiger partial charge is 0.517 e. The predicted octanol–water partition coefficient (Wildman–Crippen LogP) is 1.77. The van der Waals surface area contributed by atoms with Gasteiger partial charge in [0.2, 0.25) is 0 Å². The van der Waals surface area contributed by atoms with E-state index in [9.17, 15) is 4.79 Å². The van der Waals surface area contributed by atoms with Gasteiger partial charge in [-0.05, 0) is 29.6 Å². The molecule has 3 aromatic rings. The number of aromatic nitrogens is 2. The Bertz CT molecular complexity index is 764. The van der Waals surface area contributed by atoms with E-state index >= 15 is 0 Å². The smallest absolute Gasteiger partial charge is 0.391 e. The van der Waals surface area contributed by atoms with Gasteiger partial charge in [-0.2, -0.15) is 4.79 Å². The molecule has 4 heteroatoms. The lowest BCUT2D eigenvalue weighted by molar-refractivity contribution is -0.627. The number of pyridine rings is 1. The summed E-state index contributed by atoms with van der Waals surface area (Å²) in [4.78, 5) is 16.1. The highest BCUT2D eigenvalue weighted by Gasteiger charge is 2.14. The Labute approximate surface area is 103 Å². The standard InChI is InChI=1S/C14H11N2O2/c1-10-5-4-6-11-9-16(14(17)18-13(10)11)12-7-2-3-8-15-12/h2-9H,1H3/q+1. The Morgan fingerprint density at radius 1 is 1.17 bits per heavy atom. The van der Waals surface area contributed by atoms with Crippen molar-refractivity contribution in [3.8, 4) is 5.82 Å². The molecule has 3 rings (SSSR count). The summed E-state index contributed by atoms with van der Waals surface area (Å²) in [6, 6.07) is 11.1. The summed E-state index contributed by atoms with van der Waals surface area (Å²) >= 11 is 0. The van der Waals surface area contributed by atoms with Crippen LogP contribution >= 0.6 is 0 Å². The van der Waals surface area contributed by atoms with Crippen molar-refractivity contribution in [2.45, 2.75) is 6.92 Å². The molecule has 0 amide bonds. The van der Waals surface area contributed by atoms with Crippen LogP contribution in [0.2, 0.25) is 0 Å². The molecule has 0 saturated carbocycles. The number of para-hydroxylation sites is 1. The van der Waals surface area contributed by atoms with Gasteiger partial charge in [-0.3, -0.25) is 0 Å². The lowest BCUT2D eigenvalue weighted by Crippen LogP contribution is -2.47. The number of rotatable bonds is 1. The Hall–Kier alpha value is -2.49. The molecule has 0 aliphatic heterocycles. The van der Waals surface area contributed by atoms with Crippen LogP contribution in [0.3, 0.4) is 0 Å². The Kier molecular flexibility index (Phi) is 2.41. The maximum atomic E-state index is 11.9. The molecule has 4 nitrogen and oxygen atoms in total. The van der Waals surface area contributed by atoms with Gasteiger partial charge in [-0.25, -0.2) is 0 Å². The van der Waals surface area contributed by atoms with Gasteiger partial charge in [-0.15, -0.1) is 4.57 Å². The van der Waals surface area contributed by atoms with Crippen LogP contribution in [0, 0.1) is 6.92 Å². The third-order valence-electron chi connectivity index (χ3n) is 2.79. The van der Waals surface area contributed by atoms with E-state index in [2.05, 4.69) is 4.98 Å². The lowest BCUT2D eigenvalue weighted by atomic mass is 10.2. The average Bonchev–Trinajstić information content (AvgIpc) is 2.40. The minimum Gasteiger partial charge on any atom is -0.391 e. The zero-order valence-electron chi connectivity index (χ0n) is 9.83. The number of fused-ring (bicyclic) bond motifs is 1. The van der Waals surface area contributed by atoms with Crippen LogP contribution in [0.1, 0.15) is 5.56 Å². The molecule has 0 unspecified atom stereocenters. The van der Waals surface area contributed by atoms with E-state index in [1.807, 2.05) is 31.2 Å². The fourth-order valence-electron chi connectivity index (χ4n) is 1.90. The van der Waals surface area contributed by atoms with Crippen LogP contribution < -0.4 is 10.3 Å². The maximum absolute atomic E-state index is 11.9. The highest BCUT2D eigenvalue weighted by Crippen LogP contribution is 2.14. The first-order valence-corrected chi connectivity index (χ1v) is 5.62.